The third-order valence-corrected chi connectivity index (χ3v) is 3.71. The van der Waals surface area contributed by atoms with Crippen LogP contribution < -0.4 is 10.1 Å². The molecule has 4 nitrogen and oxygen atoms in total. The van der Waals surface area contributed by atoms with Crippen molar-refractivity contribution < 1.29 is 14.3 Å². The van der Waals surface area contributed by atoms with Crippen LogP contribution in [0.1, 0.15) is 28.4 Å². The van der Waals surface area contributed by atoms with Crippen molar-refractivity contribution in [3.63, 3.8) is 0 Å². The quantitative estimate of drug-likeness (QED) is 0.695. The maximum absolute atomic E-state index is 12.3. The van der Waals surface area contributed by atoms with Crippen LogP contribution >= 0.6 is 0 Å². The standard InChI is InChI=1S/C19H17NO3/c1-2-13-3-5-14(6-4-13)7-9-17(21)15-8-10-18-16(11-15)20-19(22)12-23-18/h3-11H,2,12H2,1H3,(H,20,22)/b9-7+. The third-order valence-electron chi connectivity index (χ3n) is 3.71. The molecule has 1 amide bonds. The maximum Gasteiger partial charge on any atom is 0.262 e. The number of benzene rings is 2. The lowest BCUT2D eigenvalue weighted by Gasteiger charge is -2.17. The maximum atomic E-state index is 12.3. The first kappa shape index (κ1) is 15.0. The number of hydrogen-bond donors (Lipinski definition) is 1. The summed E-state index contributed by atoms with van der Waals surface area (Å²) < 4.78 is 5.28. The summed E-state index contributed by atoms with van der Waals surface area (Å²) in [5.74, 6) is 0.251. The molecular weight excluding hydrogens is 290 g/mol. The van der Waals surface area contributed by atoms with Crippen molar-refractivity contribution in [2.75, 3.05) is 11.9 Å². The minimum absolute atomic E-state index is 0.00789. The zero-order valence-electron chi connectivity index (χ0n) is 12.8. The van der Waals surface area contributed by atoms with Gasteiger partial charge in [-0.2, -0.15) is 0 Å². The first-order chi connectivity index (χ1) is 11.2. The number of nitrogens with one attached hydrogen (secondary N) is 1. The van der Waals surface area contributed by atoms with Crippen molar-refractivity contribution in [2.45, 2.75) is 13.3 Å². The summed E-state index contributed by atoms with van der Waals surface area (Å²) in [6.07, 6.45) is 4.32. The number of carbonyl (C=O) groups excluding carboxylic acids is 2. The molecular formula is C19H17NO3. The van der Waals surface area contributed by atoms with Gasteiger partial charge in [0.2, 0.25) is 0 Å². The Labute approximate surface area is 134 Å². The highest BCUT2D eigenvalue weighted by Crippen LogP contribution is 2.28. The lowest BCUT2D eigenvalue weighted by molar-refractivity contribution is -0.118. The second-order valence-corrected chi connectivity index (χ2v) is 5.34. The van der Waals surface area contributed by atoms with E-state index in [1.165, 1.54) is 11.6 Å². The lowest BCUT2D eigenvalue weighted by Crippen LogP contribution is -2.25. The Morgan fingerprint density at radius 1 is 1.22 bits per heavy atom. The van der Waals surface area contributed by atoms with Gasteiger partial charge in [0.15, 0.2) is 12.4 Å². The van der Waals surface area contributed by atoms with E-state index in [4.69, 9.17) is 4.74 Å². The predicted molar refractivity (Wildman–Crippen MR) is 89.8 cm³/mol. The molecule has 2 aromatic rings. The number of rotatable bonds is 4. The van der Waals surface area contributed by atoms with Crippen LogP contribution in [0, 0.1) is 0 Å². The fraction of sp³-hybridized carbons (Fsp3) is 0.158. The van der Waals surface area contributed by atoms with Crippen molar-refractivity contribution in [1.29, 1.82) is 0 Å². The van der Waals surface area contributed by atoms with Gasteiger partial charge in [0.1, 0.15) is 5.75 Å². The smallest absolute Gasteiger partial charge is 0.262 e. The summed E-state index contributed by atoms with van der Waals surface area (Å²) >= 11 is 0. The minimum atomic E-state index is -0.214. The van der Waals surface area contributed by atoms with E-state index in [-0.39, 0.29) is 18.3 Å². The Morgan fingerprint density at radius 3 is 2.74 bits per heavy atom. The van der Waals surface area contributed by atoms with Gasteiger partial charge in [-0.15, -0.1) is 0 Å². The second-order valence-electron chi connectivity index (χ2n) is 5.34. The van der Waals surface area contributed by atoms with E-state index in [9.17, 15) is 9.59 Å². The largest absolute Gasteiger partial charge is 0.482 e. The van der Waals surface area contributed by atoms with E-state index in [0.717, 1.165) is 12.0 Å². The third kappa shape index (κ3) is 3.48. The number of fused-ring (bicyclic) bond motifs is 1. The van der Waals surface area contributed by atoms with Crippen LogP contribution in [0.15, 0.2) is 48.5 Å². The molecule has 2 aromatic carbocycles. The molecule has 1 heterocycles. The molecule has 4 heteroatoms. The minimum Gasteiger partial charge on any atom is -0.482 e. The van der Waals surface area contributed by atoms with Crippen LogP contribution in [0.5, 0.6) is 5.75 Å². The molecule has 0 aliphatic carbocycles. The van der Waals surface area contributed by atoms with Gasteiger partial charge in [0.05, 0.1) is 5.69 Å². The molecule has 0 spiro atoms. The number of allylic oxidation sites excluding steroid dienone is 1. The fourth-order valence-corrected chi connectivity index (χ4v) is 2.37. The van der Waals surface area contributed by atoms with Crippen LogP contribution in [0.3, 0.4) is 0 Å². The van der Waals surface area contributed by atoms with E-state index in [1.807, 2.05) is 12.1 Å². The average molecular weight is 307 g/mol. The summed E-state index contributed by atoms with van der Waals surface area (Å²) in [6, 6.07) is 13.1. The number of carbonyl (C=O) groups is 2. The first-order valence-electron chi connectivity index (χ1n) is 7.54. The highest BCUT2D eigenvalue weighted by molar-refractivity contribution is 6.08. The highest BCUT2D eigenvalue weighted by atomic mass is 16.5. The van der Waals surface area contributed by atoms with Crippen molar-refractivity contribution in [1.82, 2.24) is 0 Å². The molecule has 23 heavy (non-hydrogen) atoms. The number of anilines is 1. The fourth-order valence-electron chi connectivity index (χ4n) is 2.37. The van der Waals surface area contributed by atoms with Crippen LogP contribution in [-0.2, 0) is 11.2 Å². The van der Waals surface area contributed by atoms with Crippen molar-refractivity contribution in [3.8, 4) is 5.75 Å². The Morgan fingerprint density at radius 2 is 2.00 bits per heavy atom. The molecule has 0 fully saturated rings. The van der Waals surface area contributed by atoms with Crippen molar-refractivity contribution in [2.24, 2.45) is 0 Å². The van der Waals surface area contributed by atoms with E-state index in [0.29, 0.717) is 17.0 Å². The normalized spacial score (nSPS) is 13.3. The Bertz CT molecular complexity index is 776. The van der Waals surface area contributed by atoms with Gasteiger partial charge in [0.25, 0.3) is 5.91 Å². The van der Waals surface area contributed by atoms with Gasteiger partial charge in [-0.05, 0) is 41.8 Å². The molecule has 0 radical (unpaired) electrons. The topological polar surface area (TPSA) is 55.4 Å². The van der Waals surface area contributed by atoms with Crippen LogP contribution in [0.2, 0.25) is 0 Å². The van der Waals surface area contributed by atoms with Crippen molar-refractivity contribution >= 4 is 23.5 Å². The van der Waals surface area contributed by atoms with Gasteiger partial charge >= 0.3 is 0 Å². The monoisotopic (exact) mass is 307 g/mol. The lowest BCUT2D eigenvalue weighted by atomic mass is 10.1. The molecule has 1 N–H and O–H groups in total. The molecule has 1 aliphatic heterocycles. The number of ketones is 1. The SMILES string of the molecule is CCc1ccc(/C=C/C(=O)c2ccc3c(c2)NC(=O)CO3)cc1. The van der Waals surface area contributed by atoms with Crippen LogP contribution in [0.4, 0.5) is 5.69 Å². The summed E-state index contributed by atoms with van der Waals surface area (Å²) in [7, 11) is 0. The van der Waals surface area contributed by atoms with E-state index >= 15 is 0 Å². The molecule has 0 aromatic heterocycles. The van der Waals surface area contributed by atoms with Gasteiger partial charge in [-0.25, -0.2) is 0 Å². The zero-order chi connectivity index (χ0) is 16.2. The van der Waals surface area contributed by atoms with Crippen molar-refractivity contribution in [3.05, 3.63) is 65.2 Å². The molecule has 0 saturated heterocycles. The van der Waals surface area contributed by atoms with Gasteiger partial charge in [-0.1, -0.05) is 37.3 Å². The van der Waals surface area contributed by atoms with Gasteiger partial charge in [-0.3, -0.25) is 9.59 Å². The predicted octanol–water partition coefficient (Wildman–Crippen LogP) is 3.48. The summed E-state index contributed by atoms with van der Waals surface area (Å²) in [4.78, 5) is 23.6. The molecule has 3 rings (SSSR count). The molecule has 0 bridgehead atoms. The highest BCUT2D eigenvalue weighted by Gasteiger charge is 2.17. The Balaban J connectivity index is 1.76. The summed E-state index contributed by atoms with van der Waals surface area (Å²) in [6.45, 7) is 2.11. The summed E-state index contributed by atoms with van der Waals surface area (Å²) in [5, 5.41) is 2.70. The Kier molecular flexibility index (Phi) is 4.24. The molecule has 0 unspecified atom stereocenters. The summed E-state index contributed by atoms with van der Waals surface area (Å²) in [5.41, 5.74) is 3.29. The average Bonchev–Trinajstić information content (AvgIpc) is 2.59. The van der Waals surface area contributed by atoms with Gasteiger partial charge in [0, 0.05) is 5.56 Å². The Hall–Kier alpha value is -2.88. The molecule has 0 atom stereocenters. The number of ether oxygens (including phenoxy) is 1. The number of aryl methyl sites for hydroxylation is 1. The zero-order valence-corrected chi connectivity index (χ0v) is 12.8. The first-order valence-corrected chi connectivity index (χ1v) is 7.54. The van der Waals surface area contributed by atoms with E-state index in [2.05, 4.69) is 24.4 Å². The van der Waals surface area contributed by atoms with Crippen LogP contribution in [0.25, 0.3) is 6.08 Å². The molecule has 1 aliphatic rings. The second kappa shape index (κ2) is 6.48. The van der Waals surface area contributed by atoms with E-state index < -0.39 is 0 Å². The molecule has 116 valence electrons. The molecule has 0 saturated carbocycles. The van der Waals surface area contributed by atoms with Crippen LogP contribution in [-0.4, -0.2) is 18.3 Å². The number of hydrogen-bond acceptors (Lipinski definition) is 3. The van der Waals surface area contributed by atoms with Gasteiger partial charge < -0.3 is 10.1 Å². The van der Waals surface area contributed by atoms with E-state index in [1.54, 1.807) is 24.3 Å². The number of amides is 1.